The lowest BCUT2D eigenvalue weighted by Crippen LogP contribution is -2.17. The Morgan fingerprint density at radius 2 is 1.34 bits per heavy atom. The Balaban J connectivity index is 1.49. The van der Waals surface area contributed by atoms with Crippen molar-refractivity contribution >= 4 is 43.0 Å². The molecule has 0 bridgehead atoms. The zero-order chi connectivity index (χ0) is 29.8. The minimum Gasteiger partial charge on any atom is -0.497 e. The molecule has 1 amide bonds. The van der Waals surface area contributed by atoms with Crippen molar-refractivity contribution in [2.24, 2.45) is 0 Å². The normalized spacial score (nSPS) is 11.4. The molecule has 4 aromatic carbocycles. The van der Waals surface area contributed by atoms with E-state index in [-0.39, 0.29) is 26.8 Å². The molecule has 4 aromatic rings. The molecule has 0 aliphatic heterocycles. The number of aryl methyl sites for hydroxylation is 2. The average molecular weight is 596 g/mol. The first-order chi connectivity index (χ1) is 19.4. The second-order valence-electron chi connectivity index (χ2n) is 9.10. The molecule has 41 heavy (non-hydrogen) atoms. The third-order valence-electron chi connectivity index (χ3n) is 6.12. The van der Waals surface area contributed by atoms with Crippen molar-refractivity contribution in [1.29, 1.82) is 0 Å². The Morgan fingerprint density at radius 1 is 0.683 bits per heavy atom. The number of amides is 1. The summed E-state index contributed by atoms with van der Waals surface area (Å²) in [6, 6.07) is 21.5. The molecule has 3 N–H and O–H groups in total. The number of ether oxygens (including phenoxy) is 2. The summed E-state index contributed by atoms with van der Waals surface area (Å²) in [5.41, 5.74) is 2.52. The van der Waals surface area contributed by atoms with Crippen LogP contribution in [-0.4, -0.2) is 37.0 Å². The standard InChI is InChI=1S/C29H29N3O7S2/c1-19-5-9-23(10-6-19)31-41(36,37)28-17-21(8-7-20(28)2)29(33)30-22-11-14-25(15-12-22)40(34,35)32-26-16-13-24(38-3)18-27(26)39-4/h5-18,31-32H,1-4H3,(H,30,33). The molecule has 214 valence electrons. The van der Waals surface area contributed by atoms with Gasteiger partial charge in [0, 0.05) is 23.0 Å². The lowest BCUT2D eigenvalue weighted by Gasteiger charge is -2.14. The Kier molecular flexibility index (Phi) is 8.55. The van der Waals surface area contributed by atoms with E-state index in [0.717, 1.165) is 5.56 Å². The van der Waals surface area contributed by atoms with Gasteiger partial charge in [-0.15, -0.1) is 0 Å². The Labute approximate surface area is 239 Å². The molecule has 0 fully saturated rings. The van der Waals surface area contributed by atoms with Crippen molar-refractivity contribution < 1.29 is 31.1 Å². The molecule has 0 atom stereocenters. The van der Waals surface area contributed by atoms with Crippen LogP contribution in [0.1, 0.15) is 21.5 Å². The van der Waals surface area contributed by atoms with E-state index in [1.54, 1.807) is 49.4 Å². The molecular weight excluding hydrogens is 566 g/mol. The van der Waals surface area contributed by atoms with E-state index in [0.29, 0.717) is 22.7 Å². The molecule has 10 nitrogen and oxygen atoms in total. The molecule has 12 heteroatoms. The van der Waals surface area contributed by atoms with Crippen molar-refractivity contribution in [2.75, 3.05) is 29.0 Å². The van der Waals surface area contributed by atoms with Gasteiger partial charge in [-0.05, 0) is 80.1 Å². The summed E-state index contributed by atoms with van der Waals surface area (Å²) in [5.74, 6) is 0.226. The van der Waals surface area contributed by atoms with E-state index in [1.807, 2.05) is 6.92 Å². The quantitative estimate of drug-likeness (QED) is 0.230. The maximum atomic E-state index is 13.1. The van der Waals surface area contributed by atoms with Gasteiger partial charge in [0.1, 0.15) is 11.5 Å². The van der Waals surface area contributed by atoms with Gasteiger partial charge in [0.2, 0.25) is 0 Å². The van der Waals surface area contributed by atoms with Crippen LogP contribution in [0.3, 0.4) is 0 Å². The summed E-state index contributed by atoms with van der Waals surface area (Å²) in [6.45, 7) is 3.54. The van der Waals surface area contributed by atoms with E-state index in [9.17, 15) is 21.6 Å². The first-order valence-electron chi connectivity index (χ1n) is 12.3. The summed E-state index contributed by atoms with van der Waals surface area (Å²) in [5, 5.41) is 2.67. The number of methoxy groups -OCH3 is 2. The molecule has 0 heterocycles. The van der Waals surface area contributed by atoms with Gasteiger partial charge in [-0.25, -0.2) is 16.8 Å². The second-order valence-corrected chi connectivity index (χ2v) is 12.4. The number of anilines is 3. The van der Waals surface area contributed by atoms with Crippen LogP contribution in [0.2, 0.25) is 0 Å². The smallest absolute Gasteiger partial charge is 0.262 e. The van der Waals surface area contributed by atoms with Crippen LogP contribution in [-0.2, 0) is 20.0 Å². The summed E-state index contributed by atoms with van der Waals surface area (Å²) < 4.78 is 67.4. The summed E-state index contributed by atoms with van der Waals surface area (Å²) in [7, 11) is -5.04. The van der Waals surface area contributed by atoms with Crippen LogP contribution in [0.5, 0.6) is 11.5 Å². The highest BCUT2D eigenvalue weighted by Gasteiger charge is 2.21. The van der Waals surface area contributed by atoms with E-state index in [2.05, 4.69) is 14.8 Å². The number of benzene rings is 4. The molecule has 4 rings (SSSR count). The van der Waals surface area contributed by atoms with Crippen LogP contribution in [0.4, 0.5) is 17.1 Å². The summed E-state index contributed by atoms with van der Waals surface area (Å²) in [6.07, 6.45) is 0. The molecule has 0 spiro atoms. The van der Waals surface area contributed by atoms with Gasteiger partial charge in [0.25, 0.3) is 26.0 Å². The predicted octanol–water partition coefficient (Wildman–Crippen LogP) is 5.17. The fourth-order valence-corrected chi connectivity index (χ4v) is 6.27. The van der Waals surface area contributed by atoms with Gasteiger partial charge in [-0.3, -0.25) is 14.2 Å². The van der Waals surface area contributed by atoms with Crippen molar-refractivity contribution in [1.82, 2.24) is 0 Å². The number of carbonyl (C=O) groups is 1. The van der Waals surface area contributed by atoms with Crippen LogP contribution < -0.4 is 24.2 Å². The van der Waals surface area contributed by atoms with Gasteiger partial charge < -0.3 is 14.8 Å². The summed E-state index contributed by atoms with van der Waals surface area (Å²) in [4.78, 5) is 12.9. The van der Waals surface area contributed by atoms with Crippen LogP contribution in [0.25, 0.3) is 0 Å². The third kappa shape index (κ3) is 6.97. The molecule has 0 saturated heterocycles. The average Bonchev–Trinajstić information content (AvgIpc) is 2.94. The Bertz CT molecular complexity index is 1790. The molecule has 0 saturated carbocycles. The number of hydrogen-bond acceptors (Lipinski definition) is 7. The summed E-state index contributed by atoms with van der Waals surface area (Å²) >= 11 is 0. The van der Waals surface area contributed by atoms with Crippen molar-refractivity contribution in [2.45, 2.75) is 23.6 Å². The van der Waals surface area contributed by atoms with Gasteiger partial charge >= 0.3 is 0 Å². The topological polar surface area (TPSA) is 140 Å². The van der Waals surface area contributed by atoms with Gasteiger partial charge in [-0.1, -0.05) is 23.8 Å². The maximum absolute atomic E-state index is 13.1. The molecule has 0 radical (unpaired) electrons. The number of nitrogens with one attached hydrogen (secondary N) is 3. The maximum Gasteiger partial charge on any atom is 0.262 e. The zero-order valence-electron chi connectivity index (χ0n) is 22.8. The number of rotatable bonds is 10. The Morgan fingerprint density at radius 3 is 1.98 bits per heavy atom. The highest BCUT2D eigenvalue weighted by Crippen LogP contribution is 2.31. The minimum absolute atomic E-state index is 0.0350. The zero-order valence-corrected chi connectivity index (χ0v) is 24.4. The van der Waals surface area contributed by atoms with Crippen LogP contribution >= 0.6 is 0 Å². The van der Waals surface area contributed by atoms with E-state index in [1.165, 1.54) is 56.7 Å². The highest BCUT2D eigenvalue weighted by molar-refractivity contribution is 7.93. The number of hydrogen-bond donors (Lipinski definition) is 3. The first kappa shape index (κ1) is 29.4. The largest absolute Gasteiger partial charge is 0.497 e. The molecule has 0 aromatic heterocycles. The van der Waals surface area contributed by atoms with E-state index in [4.69, 9.17) is 9.47 Å². The van der Waals surface area contributed by atoms with E-state index < -0.39 is 26.0 Å². The lowest BCUT2D eigenvalue weighted by molar-refractivity contribution is 0.102. The molecule has 0 unspecified atom stereocenters. The third-order valence-corrected chi connectivity index (χ3v) is 9.02. The first-order valence-corrected chi connectivity index (χ1v) is 15.2. The SMILES string of the molecule is COc1ccc(NS(=O)(=O)c2ccc(NC(=O)c3ccc(C)c(S(=O)(=O)Nc4ccc(C)cc4)c3)cc2)c(OC)c1. The molecular formula is C29H29N3O7S2. The highest BCUT2D eigenvalue weighted by atomic mass is 32.2. The van der Waals surface area contributed by atoms with Crippen LogP contribution in [0.15, 0.2) is 94.7 Å². The fraction of sp³-hybridized carbons (Fsp3) is 0.138. The molecule has 0 aliphatic rings. The molecule has 0 aliphatic carbocycles. The van der Waals surface area contributed by atoms with Gasteiger partial charge in [-0.2, -0.15) is 0 Å². The van der Waals surface area contributed by atoms with Gasteiger partial charge in [0.15, 0.2) is 0 Å². The van der Waals surface area contributed by atoms with Crippen molar-refractivity contribution in [3.05, 3.63) is 102 Å². The lowest BCUT2D eigenvalue weighted by atomic mass is 10.1. The second kappa shape index (κ2) is 11.9. The number of carbonyl (C=O) groups excluding carboxylic acids is 1. The Hall–Kier alpha value is -4.55. The van der Waals surface area contributed by atoms with Gasteiger partial charge in [0.05, 0.1) is 29.7 Å². The van der Waals surface area contributed by atoms with Crippen molar-refractivity contribution in [3.63, 3.8) is 0 Å². The predicted molar refractivity (Wildman–Crippen MR) is 158 cm³/mol. The van der Waals surface area contributed by atoms with Crippen LogP contribution in [0, 0.1) is 13.8 Å². The minimum atomic E-state index is -3.98. The van der Waals surface area contributed by atoms with E-state index >= 15 is 0 Å². The van der Waals surface area contributed by atoms with Crippen molar-refractivity contribution in [3.8, 4) is 11.5 Å². The fourth-order valence-electron chi connectivity index (χ4n) is 3.87. The number of sulfonamides is 2. The monoisotopic (exact) mass is 595 g/mol.